The normalized spacial score (nSPS) is 11.7. The maximum Gasteiger partial charge on any atom is 0.171 e. The van der Waals surface area contributed by atoms with Crippen LogP contribution in [0.25, 0.3) is 55.0 Å². The smallest absolute Gasteiger partial charge is 0.171 e. The van der Waals surface area contributed by atoms with Gasteiger partial charge in [0, 0.05) is 38.4 Å². The lowest BCUT2D eigenvalue weighted by Gasteiger charge is -2.20. The third kappa shape index (κ3) is 4.50. The summed E-state index contributed by atoms with van der Waals surface area (Å²) in [6.45, 7) is 0. The molecule has 0 saturated heterocycles. The van der Waals surface area contributed by atoms with Crippen LogP contribution in [0.1, 0.15) is 0 Å². The second-order valence-electron chi connectivity index (χ2n) is 11.0. The zero-order valence-electron chi connectivity index (χ0n) is 23.8. The van der Waals surface area contributed by atoms with E-state index in [4.69, 9.17) is 4.98 Å². The minimum atomic E-state index is -3.02. The molecule has 8 aromatic rings. The van der Waals surface area contributed by atoms with Gasteiger partial charge in [0.1, 0.15) is 0 Å². The van der Waals surface area contributed by atoms with E-state index in [9.17, 15) is 4.57 Å². The summed E-state index contributed by atoms with van der Waals surface area (Å²) >= 11 is 0. The molecule has 2 aromatic heterocycles. The molecular weight excluding hydrogens is 555 g/mol. The van der Waals surface area contributed by atoms with Crippen LogP contribution in [0.2, 0.25) is 0 Å². The molecule has 3 nitrogen and oxygen atoms in total. The topological polar surface area (TPSA) is 42.9 Å². The van der Waals surface area contributed by atoms with Crippen molar-refractivity contribution in [2.75, 3.05) is 0 Å². The predicted octanol–water partition coefficient (Wildman–Crippen LogP) is 8.91. The quantitative estimate of drug-likeness (QED) is 0.150. The summed E-state index contributed by atoms with van der Waals surface area (Å²) in [6, 6.07) is 53.3. The van der Waals surface area contributed by atoms with Crippen molar-refractivity contribution in [3.63, 3.8) is 0 Å². The highest BCUT2D eigenvalue weighted by Gasteiger charge is 2.29. The average molecular weight is 583 g/mol. The van der Waals surface area contributed by atoms with Crippen LogP contribution in [0.15, 0.2) is 164 Å². The zero-order valence-corrected chi connectivity index (χ0v) is 24.7. The summed E-state index contributed by atoms with van der Waals surface area (Å²) < 4.78 is 14.8. The number of fused-ring (bicyclic) bond motifs is 4. The fourth-order valence-electron chi connectivity index (χ4n) is 6.05. The van der Waals surface area contributed by atoms with E-state index in [2.05, 4.69) is 89.9 Å². The van der Waals surface area contributed by atoms with Gasteiger partial charge in [0.15, 0.2) is 7.14 Å². The van der Waals surface area contributed by atoms with Crippen LogP contribution in [0, 0.1) is 0 Å². The van der Waals surface area contributed by atoms with Gasteiger partial charge >= 0.3 is 0 Å². The predicted molar refractivity (Wildman–Crippen MR) is 185 cm³/mol. The molecule has 0 atom stereocenters. The lowest BCUT2D eigenvalue weighted by Crippen LogP contribution is -2.24. The maximum absolute atomic E-state index is 14.8. The number of aromatic nitrogens is 2. The van der Waals surface area contributed by atoms with Crippen LogP contribution in [-0.4, -0.2) is 9.97 Å². The third-order valence-electron chi connectivity index (χ3n) is 8.37. The van der Waals surface area contributed by atoms with Gasteiger partial charge in [-0.15, -0.1) is 0 Å². The lowest BCUT2D eigenvalue weighted by molar-refractivity contribution is 0.592. The first kappa shape index (κ1) is 26.3. The molecular formula is C40H27N2OP. The summed E-state index contributed by atoms with van der Waals surface area (Å²) in [5.74, 6) is 0. The molecule has 0 aliphatic rings. The van der Waals surface area contributed by atoms with Crippen molar-refractivity contribution < 1.29 is 4.57 Å². The van der Waals surface area contributed by atoms with E-state index in [0.717, 1.165) is 70.9 Å². The van der Waals surface area contributed by atoms with Crippen molar-refractivity contribution in [1.82, 2.24) is 9.97 Å². The van der Waals surface area contributed by atoms with Gasteiger partial charge in [-0.3, -0.25) is 4.98 Å². The van der Waals surface area contributed by atoms with E-state index in [1.54, 1.807) is 0 Å². The van der Waals surface area contributed by atoms with Gasteiger partial charge in [0.25, 0.3) is 0 Å². The van der Waals surface area contributed by atoms with Crippen LogP contribution < -0.4 is 15.9 Å². The number of rotatable bonds is 5. The standard InChI is InChI=1S/C40H27N2OP/c43-44(35-9-3-1-4-10-35,36-11-5-2-6-12-36)37-23-21-33-26-32(19-20-34(33)27-37)28-13-15-29(16-14-28)38-24-22-31-18-17-30-8-7-25-41-39(30)40(31)42-38/h1-27H. The Balaban J connectivity index is 1.14. The van der Waals surface area contributed by atoms with Crippen LogP contribution in [0.4, 0.5) is 0 Å². The SMILES string of the molecule is O=P(c1ccccc1)(c1ccccc1)c1ccc2cc(-c3ccc(-c4ccc5ccc6cccnc6c5n4)cc3)ccc2c1. The van der Waals surface area contributed by atoms with Gasteiger partial charge in [0.2, 0.25) is 0 Å². The first-order valence-corrected chi connectivity index (χ1v) is 16.4. The van der Waals surface area contributed by atoms with Crippen LogP contribution in [0.5, 0.6) is 0 Å². The van der Waals surface area contributed by atoms with Crippen molar-refractivity contribution in [2.24, 2.45) is 0 Å². The molecule has 0 aliphatic heterocycles. The molecule has 0 saturated carbocycles. The van der Waals surface area contributed by atoms with Crippen LogP contribution >= 0.6 is 7.14 Å². The Hall–Kier alpha value is -5.37. The van der Waals surface area contributed by atoms with Gasteiger partial charge in [-0.2, -0.15) is 0 Å². The Morgan fingerprint density at radius 1 is 0.409 bits per heavy atom. The van der Waals surface area contributed by atoms with Crippen molar-refractivity contribution >= 4 is 55.6 Å². The molecule has 0 unspecified atom stereocenters. The number of nitrogens with zero attached hydrogens (tertiary/aromatic N) is 2. The first-order valence-electron chi connectivity index (χ1n) is 14.7. The number of pyridine rings is 2. The Labute approximate surface area is 255 Å². The molecule has 0 radical (unpaired) electrons. The Morgan fingerprint density at radius 3 is 1.70 bits per heavy atom. The molecule has 0 fully saturated rings. The molecule has 2 heterocycles. The monoisotopic (exact) mass is 582 g/mol. The van der Waals surface area contributed by atoms with Crippen LogP contribution in [-0.2, 0) is 4.57 Å². The van der Waals surface area contributed by atoms with E-state index in [1.165, 1.54) is 0 Å². The van der Waals surface area contributed by atoms with Gasteiger partial charge in [-0.05, 0) is 46.2 Å². The second kappa shape index (κ2) is 10.7. The molecule has 8 rings (SSSR count). The summed E-state index contributed by atoms with van der Waals surface area (Å²) in [7, 11) is -3.02. The fourth-order valence-corrected chi connectivity index (χ4v) is 8.73. The van der Waals surface area contributed by atoms with Gasteiger partial charge in [-0.1, -0.05) is 133 Å². The van der Waals surface area contributed by atoms with Gasteiger partial charge in [0.05, 0.1) is 16.7 Å². The number of hydrogen-bond acceptors (Lipinski definition) is 3. The van der Waals surface area contributed by atoms with E-state index in [1.807, 2.05) is 79.0 Å². The molecule has 44 heavy (non-hydrogen) atoms. The molecule has 0 amide bonds. The van der Waals surface area contributed by atoms with Crippen molar-refractivity contribution in [3.8, 4) is 22.4 Å². The molecule has 0 bridgehead atoms. The lowest BCUT2D eigenvalue weighted by atomic mass is 9.99. The third-order valence-corrected chi connectivity index (χ3v) is 11.4. The highest BCUT2D eigenvalue weighted by molar-refractivity contribution is 7.85. The highest BCUT2D eigenvalue weighted by Crippen LogP contribution is 2.43. The highest BCUT2D eigenvalue weighted by atomic mass is 31.2. The fraction of sp³-hybridized carbons (Fsp3) is 0. The van der Waals surface area contributed by atoms with E-state index < -0.39 is 7.14 Å². The van der Waals surface area contributed by atoms with E-state index in [-0.39, 0.29) is 0 Å². The molecule has 6 aromatic carbocycles. The van der Waals surface area contributed by atoms with Crippen LogP contribution in [0.3, 0.4) is 0 Å². The van der Waals surface area contributed by atoms with Gasteiger partial charge in [-0.25, -0.2) is 4.98 Å². The average Bonchev–Trinajstić information content (AvgIpc) is 3.11. The van der Waals surface area contributed by atoms with Gasteiger partial charge < -0.3 is 4.57 Å². The first-order chi connectivity index (χ1) is 21.7. The molecule has 0 aliphatic carbocycles. The maximum atomic E-state index is 14.8. The minimum Gasteiger partial charge on any atom is -0.309 e. The second-order valence-corrected chi connectivity index (χ2v) is 13.8. The van der Waals surface area contributed by atoms with Crippen molar-refractivity contribution in [2.45, 2.75) is 0 Å². The number of benzene rings is 6. The Kier molecular flexibility index (Phi) is 6.40. The largest absolute Gasteiger partial charge is 0.309 e. The van der Waals surface area contributed by atoms with Crippen molar-refractivity contribution in [1.29, 1.82) is 0 Å². The molecule has 0 N–H and O–H groups in total. The minimum absolute atomic E-state index is 0.838. The summed E-state index contributed by atoms with van der Waals surface area (Å²) in [4.78, 5) is 9.60. The summed E-state index contributed by atoms with van der Waals surface area (Å²) in [6.07, 6.45) is 1.82. The summed E-state index contributed by atoms with van der Waals surface area (Å²) in [5.41, 5.74) is 6.09. The zero-order chi connectivity index (χ0) is 29.5. The van der Waals surface area contributed by atoms with E-state index in [0.29, 0.717) is 0 Å². The Morgan fingerprint density at radius 2 is 0.977 bits per heavy atom. The van der Waals surface area contributed by atoms with Crippen molar-refractivity contribution in [3.05, 3.63) is 164 Å². The molecule has 4 heteroatoms. The summed E-state index contributed by atoms with van der Waals surface area (Å²) in [5, 5.41) is 6.87. The Bertz CT molecular complexity index is 2310. The molecule has 0 spiro atoms. The van der Waals surface area contributed by atoms with E-state index >= 15 is 0 Å². The number of hydrogen-bond donors (Lipinski definition) is 0. The molecule has 208 valence electrons.